The second-order valence-corrected chi connectivity index (χ2v) is 8.54. The highest BCUT2D eigenvalue weighted by molar-refractivity contribution is 5.97. The molecule has 0 spiro atoms. The molecule has 9 heteroatoms. The summed E-state index contributed by atoms with van der Waals surface area (Å²) < 4.78 is 37.4. The Morgan fingerprint density at radius 1 is 1.37 bits per heavy atom. The summed E-state index contributed by atoms with van der Waals surface area (Å²) in [6, 6.07) is 1.29. The molecule has 7 nitrogen and oxygen atoms in total. The summed E-state index contributed by atoms with van der Waals surface area (Å²) in [6.45, 7) is 2.95. The van der Waals surface area contributed by atoms with E-state index in [0.717, 1.165) is 18.9 Å². The molecule has 2 fully saturated rings. The van der Waals surface area contributed by atoms with Gasteiger partial charge in [-0.3, -0.25) is 4.79 Å². The number of hydrogen-bond donors (Lipinski definition) is 2. The number of carboxylic acids is 1. The van der Waals surface area contributed by atoms with Gasteiger partial charge in [-0.1, -0.05) is 0 Å². The second-order valence-electron chi connectivity index (χ2n) is 8.54. The average molecular weight is 419 g/mol. The molecule has 3 aliphatic rings. The fourth-order valence-corrected chi connectivity index (χ4v) is 4.47. The lowest BCUT2D eigenvalue weighted by atomic mass is 10.1. The number of ether oxygens (including phenoxy) is 1. The summed E-state index contributed by atoms with van der Waals surface area (Å²) in [4.78, 5) is 25.8. The van der Waals surface area contributed by atoms with Crippen LogP contribution in [0.5, 0.6) is 5.75 Å². The molecule has 2 aromatic rings. The second kappa shape index (κ2) is 6.94. The highest BCUT2D eigenvalue weighted by Gasteiger charge is 2.38. The van der Waals surface area contributed by atoms with E-state index in [1.54, 1.807) is 9.47 Å². The molecule has 0 radical (unpaired) electrons. The van der Waals surface area contributed by atoms with Crippen molar-refractivity contribution < 1.29 is 23.4 Å². The van der Waals surface area contributed by atoms with Crippen molar-refractivity contribution in [1.82, 2.24) is 9.88 Å². The summed E-state index contributed by atoms with van der Waals surface area (Å²) in [7, 11) is 0. The van der Waals surface area contributed by atoms with E-state index in [1.165, 1.54) is 6.20 Å². The Hall–Kier alpha value is -2.68. The van der Waals surface area contributed by atoms with Crippen LogP contribution in [-0.4, -0.2) is 54.1 Å². The molecule has 0 bridgehead atoms. The van der Waals surface area contributed by atoms with Crippen LogP contribution in [0.25, 0.3) is 10.9 Å². The third-order valence-corrected chi connectivity index (χ3v) is 6.30. The van der Waals surface area contributed by atoms with Crippen molar-refractivity contribution in [2.24, 2.45) is 5.92 Å². The zero-order valence-electron chi connectivity index (χ0n) is 16.5. The van der Waals surface area contributed by atoms with Crippen LogP contribution in [-0.2, 0) is 0 Å². The number of halogens is 2. The van der Waals surface area contributed by atoms with Gasteiger partial charge in [-0.15, -0.1) is 0 Å². The Balaban J connectivity index is 1.60. The molecule has 2 aliphatic heterocycles. The summed E-state index contributed by atoms with van der Waals surface area (Å²) in [5.74, 6) is -2.14. The first-order valence-electron chi connectivity index (χ1n) is 10.2. The summed E-state index contributed by atoms with van der Waals surface area (Å²) in [6.07, 6.45) is 2.41. The molecule has 1 unspecified atom stereocenters. The maximum Gasteiger partial charge on any atom is 0.341 e. The number of carbonyl (C=O) groups is 1. The minimum absolute atomic E-state index is 0.0411. The topological polar surface area (TPSA) is 83.8 Å². The van der Waals surface area contributed by atoms with Crippen LogP contribution in [0.3, 0.4) is 0 Å². The first-order valence-corrected chi connectivity index (χ1v) is 10.2. The van der Waals surface area contributed by atoms with Gasteiger partial charge in [0.25, 0.3) is 0 Å². The third kappa shape index (κ3) is 3.03. The van der Waals surface area contributed by atoms with Crippen molar-refractivity contribution in [3.8, 4) is 5.75 Å². The number of anilines is 1. The first kappa shape index (κ1) is 19.3. The van der Waals surface area contributed by atoms with E-state index < -0.39 is 29.0 Å². The van der Waals surface area contributed by atoms with Crippen LogP contribution < -0.4 is 20.4 Å². The van der Waals surface area contributed by atoms with Gasteiger partial charge >= 0.3 is 5.97 Å². The van der Waals surface area contributed by atoms with Gasteiger partial charge in [0.1, 0.15) is 24.0 Å². The summed E-state index contributed by atoms with van der Waals surface area (Å²) in [5.41, 5.74) is -0.669. The summed E-state index contributed by atoms with van der Waals surface area (Å²) >= 11 is 0. The number of hydrogen-bond acceptors (Lipinski definition) is 5. The number of alkyl halides is 1. The molecular weight excluding hydrogens is 396 g/mol. The molecule has 5 rings (SSSR count). The number of aromatic carboxylic acids is 1. The highest BCUT2D eigenvalue weighted by Crippen LogP contribution is 2.43. The molecule has 1 saturated carbocycles. The van der Waals surface area contributed by atoms with Crippen molar-refractivity contribution in [3.05, 3.63) is 33.9 Å². The van der Waals surface area contributed by atoms with Crippen LogP contribution in [0.1, 0.15) is 36.2 Å². The molecule has 1 aromatic carbocycles. The van der Waals surface area contributed by atoms with E-state index in [9.17, 15) is 19.1 Å². The maximum absolute atomic E-state index is 15.2. The Kier molecular flexibility index (Phi) is 4.46. The molecular formula is C21H23F2N3O4. The quantitative estimate of drug-likeness (QED) is 0.774. The minimum Gasteiger partial charge on any atom is -0.487 e. The van der Waals surface area contributed by atoms with Gasteiger partial charge in [0.2, 0.25) is 5.43 Å². The van der Waals surface area contributed by atoms with Crippen LogP contribution in [0.2, 0.25) is 0 Å². The predicted octanol–water partition coefficient (Wildman–Crippen LogP) is 2.32. The Bertz CT molecular complexity index is 1100. The minimum atomic E-state index is -1.36. The number of nitrogens with zero attached hydrogens (tertiary/aromatic N) is 2. The number of rotatable bonds is 5. The predicted molar refractivity (Wildman–Crippen MR) is 107 cm³/mol. The van der Waals surface area contributed by atoms with E-state index in [1.807, 2.05) is 6.92 Å². The molecule has 30 heavy (non-hydrogen) atoms. The van der Waals surface area contributed by atoms with Crippen molar-refractivity contribution in [1.29, 1.82) is 0 Å². The van der Waals surface area contributed by atoms with Crippen LogP contribution >= 0.6 is 0 Å². The molecule has 3 atom stereocenters. The normalized spacial score (nSPS) is 25.6. The van der Waals surface area contributed by atoms with Gasteiger partial charge in [0, 0.05) is 37.8 Å². The fourth-order valence-electron chi connectivity index (χ4n) is 4.47. The Morgan fingerprint density at radius 3 is 2.83 bits per heavy atom. The van der Waals surface area contributed by atoms with Gasteiger partial charge < -0.3 is 24.6 Å². The van der Waals surface area contributed by atoms with Gasteiger partial charge in [-0.2, -0.15) is 0 Å². The van der Waals surface area contributed by atoms with E-state index in [4.69, 9.17) is 4.74 Å². The third-order valence-electron chi connectivity index (χ3n) is 6.30. The van der Waals surface area contributed by atoms with Crippen LogP contribution in [0.15, 0.2) is 17.1 Å². The monoisotopic (exact) mass is 419 g/mol. The largest absolute Gasteiger partial charge is 0.487 e. The zero-order chi connectivity index (χ0) is 21.2. The van der Waals surface area contributed by atoms with Gasteiger partial charge in [-0.25, -0.2) is 13.6 Å². The SMILES string of the molecule is CC1COc2c(N3C[C@H](CNC4CC4)[C@H](F)C3)c(F)cc3c(=O)c(C(=O)O)cn1c23. The number of carboxylic acid groups (broad SMARTS) is 1. The van der Waals surface area contributed by atoms with Gasteiger partial charge in [0.05, 0.1) is 16.9 Å². The fraction of sp³-hybridized carbons (Fsp3) is 0.524. The van der Waals surface area contributed by atoms with E-state index >= 15 is 4.39 Å². The lowest BCUT2D eigenvalue weighted by Gasteiger charge is -2.31. The zero-order valence-corrected chi connectivity index (χ0v) is 16.5. The van der Waals surface area contributed by atoms with Crippen LogP contribution in [0.4, 0.5) is 14.5 Å². The molecule has 0 amide bonds. The highest BCUT2D eigenvalue weighted by atomic mass is 19.1. The maximum atomic E-state index is 15.2. The smallest absolute Gasteiger partial charge is 0.341 e. The number of benzene rings is 1. The van der Waals surface area contributed by atoms with Crippen LogP contribution in [0, 0.1) is 11.7 Å². The molecule has 1 aliphatic carbocycles. The van der Waals surface area contributed by atoms with Gasteiger partial charge in [0.15, 0.2) is 11.6 Å². The molecule has 3 heterocycles. The van der Waals surface area contributed by atoms with E-state index in [-0.39, 0.29) is 41.9 Å². The Morgan fingerprint density at radius 2 is 2.13 bits per heavy atom. The molecule has 2 N–H and O–H groups in total. The van der Waals surface area contributed by atoms with E-state index in [2.05, 4.69) is 5.32 Å². The van der Waals surface area contributed by atoms with Gasteiger partial charge in [-0.05, 0) is 25.8 Å². The molecule has 1 saturated heterocycles. The standard InChI is InChI=1S/C21H23F2N3O4/c1-10-9-30-20-17-13(19(27)14(21(28)29)7-26(10)17)4-15(22)18(20)25-6-11(16(23)8-25)5-24-12-2-3-12/h4,7,10-12,16,24H,2-3,5-6,8-9H2,1H3,(H,28,29)/t10?,11-,16+/m0/s1. The first-order chi connectivity index (χ1) is 14.3. The van der Waals surface area contributed by atoms with Crippen molar-refractivity contribution in [3.63, 3.8) is 0 Å². The number of nitrogens with one attached hydrogen (secondary N) is 1. The number of aromatic nitrogens is 1. The van der Waals surface area contributed by atoms with Crippen molar-refractivity contribution >= 4 is 22.6 Å². The van der Waals surface area contributed by atoms with E-state index in [0.29, 0.717) is 24.6 Å². The summed E-state index contributed by atoms with van der Waals surface area (Å²) in [5, 5.41) is 12.7. The Labute approximate surface area is 171 Å². The van der Waals surface area contributed by atoms with Crippen molar-refractivity contribution in [2.45, 2.75) is 38.0 Å². The average Bonchev–Trinajstić information content (AvgIpc) is 3.46. The number of pyridine rings is 1. The molecule has 160 valence electrons. The molecule has 1 aromatic heterocycles. The van der Waals surface area contributed by atoms with Crippen molar-refractivity contribution in [2.75, 3.05) is 31.1 Å². The lowest BCUT2D eigenvalue weighted by Crippen LogP contribution is -2.31. The lowest BCUT2D eigenvalue weighted by molar-refractivity contribution is 0.0694.